The van der Waals surface area contributed by atoms with E-state index in [1.807, 2.05) is 18.2 Å². The van der Waals surface area contributed by atoms with E-state index in [1.165, 1.54) is 21.9 Å². The van der Waals surface area contributed by atoms with Gasteiger partial charge in [-0.3, -0.25) is 0 Å². The van der Waals surface area contributed by atoms with Crippen LogP contribution in [-0.2, 0) is 0 Å². The van der Waals surface area contributed by atoms with Gasteiger partial charge < -0.3 is 8.98 Å². The molecule has 0 amide bonds. The van der Waals surface area contributed by atoms with Crippen molar-refractivity contribution in [3.8, 4) is 39.6 Å². The summed E-state index contributed by atoms with van der Waals surface area (Å²) in [7, 11) is 0. The number of rotatable bonds is 5. The van der Waals surface area contributed by atoms with E-state index in [-0.39, 0.29) is 5.92 Å². The first kappa shape index (κ1) is 30.5. The van der Waals surface area contributed by atoms with E-state index in [0.29, 0.717) is 11.6 Å². The van der Waals surface area contributed by atoms with Gasteiger partial charge in [-0.2, -0.15) is 0 Å². The Bertz CT molecular complexity index is 3140. The van der Waals surface area contributed by atoms with Gasteiger partial charge in [-0.15, -0.1) is 0 Å². The molecule has 10 aromatic rings. The third-order valence-electron chi connectivity index (χ3n) is 10.7. The Morgan fingerprint density at radius 1 is 0.500 bits per heavy atom. The van der Waals surface area contributed by atoms with Crippen LogP contribution < -0.4 is 0 Å². The molecule has 1 atom stereocenters. The van der Waals surface area contributed by atoms with Crippen molar-refractivity contribution in [3.63, 3.8) is 0 Å². The van der Waals surface area contributed by atoms with Gasteiger partial charge in [0, 0.05) is 49.7 Å². The highest BCUT2D eigenvalue weighted by molar-refractivity contribution is 6.19. The first-order chi connectivity index (χ1) is 26.8. The van der Waals surface area contributed by atoms with Crippen molar-refractivity contribution in [3.05, 3.63) is 182 Å². The highest BCUT2D eigenvalue weighted by Crippen LogP contribution is 2.42. The third kappa shape index (κ3) is 4.90. The molecule has 0 bridgehead atoms. The van der Waals surface area contributed by atoms with Gasteiger partial charge in [0.2, 0.25) is 0 Å². The normalized spacial score (nSPS) is 14.3. The minimum atomic E-state index is 0.0696. The molecule has 0 saturated carbocycles. The summed E-state index contributed by atoms with van der Waals surface area (Å²) in [6.45, 7) is 0. The number of para-hydroxylation sites is 1. The fourth-order valence-electron chi connectivity index (χ4n) is 8.14. The van der Waals surface area contributed by atoms with Crippen LogP contribution in [0.2, 0.25) is 0 Å². The second kappa shape index (κ2) is 12.2. The van der Waals surface area contributed by atoms with Gasteiger partial charge in [0.25, 0.3) is 0 Å². The second-order valence-corrected chi connectivity index (χ2v) is 13.9. The predicted molar refractivity (Wildman–Crippen MR) is 221 cm³/mol. The van der Waals surface area contributed by atoms with Gasteiger partial charge in [-0.1, -0.05) is 140 Å². The van der Waals surface area contributed by atoms with Gasteiger partial charge in [-0.05, 0) is 59.3 Å². The van der Waals surface area contributed by atoms with Crippen LogP contribution in [0.5, 0.6) is 0 Å². The smallest absolute Gasteiger partial charge is 0.164 e. The molecule has 5 nitrogen and oxygen atoms in total. The summed E-state index contributed by atoms with van der Waals surface area (Å²) in [6.07, 6.45) is 9.36. The molecular formula is C49H32N4O. The summed E-state index contributed by atoms with van der Waals surface area (Å²) in [6, 6.07) is 53.4. The Balaban J connectivity index is 1.15. The molecule has 0 spiro atoms. The van der Waals surface area contributed by atoms with Crippen LogP contribution in [-0.4, -0.2) is 19.5 Å². The number of aromatic nitrogens is 4. The van der Waals surface area contributed by atoms with Gasteiger partial charge in [0.05, 0.1) is 11.0 Å². The molecule has 11 rings (SSSR count). The molecule has 254 valence electrons. The summed E-state index contributed by atoms with van der Waals surface area (Å²) in [5.41, 5.74) is 9.37. The van der Waals surface area contributed by atoms with Crippen LogP contribution in [0, 0.1) is 0 Å². The first-order valence-electron chi connectivity index (χ1n) is 18.4. The maximum absolute atomic E-state index is 6.71. The van der Waals surface area contributed by atoms with Crippen molar-refractivity contribution in [1.82, 2.24) is 19.5 Å². The van der Waals surface area contributed by atoms with Gasteiger partial charge in [0.1, 0.15) is 17.0 Å². The minimum absolute atomic E-state index is 0.0696. The summed E-state index contributed by atoms with van der Waals surface area (Å²) in [5, 5.41) is 6.57. The topological polar surface area (TPSA) is 56.7 Å². The average molecular weight is 693 g/mol. The highest BCUT2D eigenvalue weighted by atomic mass is 16.3. The molecule has 54 heavy (non-hydrogen) atoms. The zero-order valence-electron chi connectivity index (χ0n) is 29.2. The molecule has 1 aliphatic carbocycles. The van der Waals surface area contributed by atoms with E-state index in [9.17, 15) is 0 Å². The molecule has 0 saturated heterocycles. The number of hydrogen-bond donors (Lipinski definition) is 0. The SMILES string of the molecule is C1=CCC(c2nc(-c3ccccc3)nc(-c3cc4c5cc(-n6c7ccccc7c7ccc(-c8ccccc8)cc76)ccc5oc4c4ccccc34)n2)C=C1. The van der Waals surface area contributed by atoms with E-state index in [1.54, 1.807) is 0 Å². The van der Waals surface area contributed by atoms with Crippen LogP contribution >= 0.6 is 0 Å². The Kier molecular flexibility index (Phi) is 6.92. The van der Waals surface area contributed by atoms with Gasteiger partial charge in [-0.25, -0.2) is 15.0 Å². The largest absolute Gasteiger partial charge is 0.455 e. The molecule has 0 aliphatic heterocycles. The van der Waals surface area contributed by atoms with Crippen molar-refractivity contribution in [2.75, 3.05) is 0 Å². The molecule has 0 fully saturated rings. The quantitative estimate of drug-likeness (QED) is 0.180. The molecule has 5 heteroatoms. The molecule has 3 heterocycles. The van der Waals surface area contributed by atoms with Gasteiger partial charge >= 0.3 is 0 Å². The van der Waals surface area contributed by atoms with Crippen LogP contribution in [0.4, 0.5) is 0 Å². The Hall–Kier alpha value is -7.11. The number of nitrogens with zero attached hydrogens (tertiary/aromatic N) is 4. The molecule has 3 aromatic heterocycles. The Labute approximate surface area is 311 Å². The molecule has 0 radical (unpaired) electrons. The van der Waals surface area contributed by atoms with E-state index in [4.69, 9.17) is 19.4 Å². The monoisotopic (exact) mass is 692 g/mol. The highest BCUT2D eigenvalue weighted by Gasteiger charge is 2.22. The maximum atomic E-state index is 6.71. The summed E-state index contributed by atoms with van der Waals surface area (Å²) < 4.78 is 9.10. The van der Waals surface area contributed by atoms with E-state index >= 15 is 0 Å². The third-order valence-corrected chi connectivity index (χ3v) is 10.7. The fraction of sp³-hybridized carbons (Fsp3) is 0.0408. The van der Waals surface area contributed by atoms with E-state index < -0.39 is 0 Å². The van der Waals surface area contributed by atoms with Crippen LogP contribution in [0.1, 0.15) is 18.2 Å². The number of allylic oxidation sites excluding steroid dienone is 4. The molecule has 1 aliphatic rings. The summed E-state index contributed by atoms with van der Waals surface area (Å²) in [5.74, 6) is 2.16. The zero-order chi connectivity index (χ0) is 35.6. The Morgan fingerprint density at radius 2 is 1.22 bits per heavy atom. The first-order valence-corrected chi connectivity index (χ1v) is 18.4. The second-order valence-electron chi connectivity index (χ2n) is 13.9. The minimum Gasteiger partial charge on any atom is -0.455 e. The van der Waals surface area contributed by atoms with E-state index in [2.05, 4.69) is 162 Å². The van der Waals surface area contributed by atoms with Gasteiger partial charge in [0.15, 0.2) is 11.6 Å². The standard InChI is InChI=1S/C49H32N4O/c1-4-14-31(15-5-1)34-24-26-38-37-21-12-13-23-43(37)53(44(38)28-34)35-25-27-45-40(29-35)41-30-42(36-20-10-11-22-39(36)46(41)54-45)49-51-47(32-16-6-2-7-17-32)50-48(52-49)33-18-8-3-9-19-33/h1-18,20-30,33H,19H2. The lowest BCUT2D eigenvalue weighted by Crippen LogP contribution is -2.08. The lowest BCUT2D eigenvalue weighted by molar-refractivity contribution is 0.672. The number of furan rings is 1. The van der Waals surface area contributed by atoms with Crippen molar-refractivity contribution in [2.45, 2.75) is 12.3 Å². The van der Waals surface area contributed by atoms with Crippen molar-refractivity contribution in [1.29, 1.82) is 0 Å². The fourth-order valence-corrected chi connectivity index (χ4v) is 8.14. The summed E-state index contributed by atoms with van der Waals surface area (Å²) >= 11 is 0. The molecule has 7 aromatic carbocycles. The van der Waals surface area contributed by atoms with Crippen LogP contribution in [0.3, 0.4) is 0 Å². The van der Waals surface area contributed by atoms with Crippen LogP contribution in [0.25, 0.3) is 94.1 Å². The van der Waals surface area contributed by atoms with E-state index in [0.717, 1.165) is 72.8 Å². The lowest BCUT2D eigenvalue weighted by atomic mass is 9.98. The number of hydrogen-bond acceptors (Lipinski definition) is 4. The van der Waals surface area contributed by atoms with Crippen molar-refractivity contribution < 1.29 is 4.42 Å². The summed E-state index contributed by atoms with van der Waals surface area (Å²) in [4.78, 5) is 15.4. The zero-order valence-corrected chi connectivity index (χ0v) is 29.2. The molecular weight excluding hydrogens is 661 g/mol. The van der Waals surface area contributed by atoms with Crippen LogP contribution in [0.15, 0.2) is 180 Å². The predicted octanol–water partition coefficient (Wildman–Crippen LogP) is 12.6. The molecule has 1 unspecified atom stereocenters. The average Bonchev–Trinajstić information content (AvgIpc) is 3.79. The van der Waals surface area contributed by atoms with Crippen molar-refractivity contribution >= 4 is 54.5 Å². The molecule has 0 N–H and O–H groups in total. The number of fused-ring (bicyclic) bond motifs is 8. The van der Waals surface area contributed by atoms with Crippen molar-refractivity contribution in [2.24, 2.45) is 0 Å². The Morgan fingerprint density at radius 3 is 2.04 bits per heavy atom. The number of benzene rings is 7. The maximum Gasteiger partial charge on any atom is 0.164 e. The lowest BCUT2D eigenvalue weighted by Gasteiger charge is -2.15.